The van der Waals surface area contributed by atoms with Crippen LogP contribution in [-0.2, 0) is 0 Å². The van der Waals surface area contributed by atoms with E-state index in [0.29, 0.717) is 6.04 Å². The van der Waals surface area contributed by atoms with Crippen LogP contribution in [0.2, 0.25) is 0 Å². The summed E-state index contributed by atoms with van der Waals surface area (Å²) in [6.07, 6.45) is 6.87. The molecule has 21 heavy (non-hydrogen) atoms. The van der Waals surface area contributed by atoms with Crippen molar-refractivity contribution in [3.05, 3.63) is 36.4 Å². The van der Waals surface area contributed by atoms with Gasteiger partial charge in [-0.15, -0.1) is 0 Å². The molecule has 0 radical (unpaired) electrons. The summed E-state index contributed by atoms with van der Waals surface area (Å²) in [6, 6.07) is 4.62. The van der Waals surface area contributed by atoms with Crippen LogP contribution in [0, 0.1) is 12.8 Å². The van der Waals surface area contributed by atoms with E-state index in [1.165, 1.54) is 25.2 Å². The Morgan fingerprint density at radius 3 is 2.76 bits per heavy atom. The SMILES string of the molecule is Cc1cnc(-c2ccncc2)n1C1CCN(CC(C)C)C1. The van der Waals surface area contributed by atoms with Crippen molar-refractivity contribution >= 4 is 0 Å². The number of pyridine rings is 1. The molecule has 2 aromatic rings. The van der Waals surface area contributed by atoms with E-state index < -0.39 is 0 Å². The molecule has 4 nitrogen and oxygen atoms in total. The molecule has 1 atom stereocenters. The fourth-order valence-corrected chi connectivity index (χ4v) is 3.33. The number of aromatic nitrogens is 3. The van der Waals surface area contributed by atoms with E-state index >= 15 is 0 Å². The third-order valence-electron chi connectivity index (χ3n) is 4.16. The van der Waals surface area contributed by atoms with Gasteiger partial charge in [0.1, 0.15) is 5.82 Å². The van der Waals surface area contributed by atoms with Gasteiger partial charge in [-0.3, -0.25) is 4.98 Å². The first-order valence-electron chi connectivity index (χ1n) is 7.81. The second kappa shape index (κ2) is 5.98. The van der Waals surface area contributed by atoms with Crippen molar-refractivity contribution in [1.82, 2.24) is 19.4 Å². The maximum Gasteiger partial charge on any atom is 0.140 e. The van der Waals surface area contributed by atoms with E-state index in [0.717, 1.165) is 23.9 Å². The van der Waals surface area contributed by atoms with Crippen LogP contribution in [0.15, 0.2) is 30.7 Å². The largest absolute Gasteiger partial charge is 0.324 e. The molecule has 0 aliphatic carbocycles. The van der Waals surface area contributed by atoms with Crippen LogP contribution in [-0.4, -0.2) is 39.1 Å². The molecular weight excluding hydrogens is 260 g/mol. The van der Waals surface area contributed by atoms with Gasteiger partial charge in [-0.05, 0) is 31.4 Å². The first kappa shape index (κ1) is 14.3. The van der Waals surface area contributed by atoms with Crippen molar-refractivity contribution in [3.63, 3.8) is 0 Å². The molecule has 0 N–H and O–H groups in total. The molecule has 0 aromatic carbocycles. The highest BCUT2D eigenvalue weighted by molar-refractivity contribution is 5.55. The third-order valence-corrected chi connectivity index (χ3v) is 4.16. The summed E-state index contributed by atoms with van der Waals surface area (Å²) in [5.74, 6) is 1.80. The number of likely N-dealkylation sites (tertiary alicyclic amines) is 1. The summed E-state index contributed by atoms with van der Waals surface area (Å²) in [5, 5.41) is 0. The summed E-state index contributed by atoms with van der Waals surface area (Å²) in [4.78, 5) is 11.3. The lowest BCUT2D eigenvalue weighted by Gasteiger charge is -2.20. The van der Waals surface area contributed by atoms with Gasteiger partial charge in [0.2, 0.25) is 0 Å². The van der Waals surface area contributed by atoms with Crippen LogP contribution < -0.4 is 0 Å². The van der Waals surface area contributed by atoms with Gasteiger partial charge >= 0.3 is 0 Å². The van der Waals surface area contributed by atoms with E-state index in [1.807, 2.05) is 30.7 Å². The molecule has 2 aromatic heterocycles. The highest BCUT2D eigenvalue weighted by Crippen LogP contribution is 2.29. The molecule has 1 aliphatic rings. The first-order chi connectivity index (χ1) is 10.1. The van der Waals surface area contributed by atoms with Crippen LogP contribution in [0.25, 0.3) is 11.4 Å². The van der Waals surface area contributed by atoms with Crippen LogP contribution in [0.3, 0.4) is 0 Å². The molecule has 112 valence electrons. The molecule has 0 amide bonds. The Kier molecular flexibility index (Phi) is 4.06. The Bertz CT molecular complexity index is 588. The van der Waals surface area contributed by atoms with Crippen molar-refractivity contribution in [3.8, 4) is 11.4 Å². The van der Waals surface area contributed by atoms with Crippen molar-refractivity contribution in [2.24, 2.45) is 5.92 Å². The van der Waals surface area contributed by atoms with Gasteiger partial charge in [-0.2, -0.15) is 0 Å². The van der Waals surface area contributed by atoms with Gasteiger partial charge < -0.3 is 9.47 Å². The minimum atomic E-state index is 0.536. The first-order valence-corrected chi connectivity index (χ1v) is 7.81. The molecule has 1 saturated heterocycles. The molecule has 3 rings (SSSR count). The Balaban J connectivity index is 1.85. The molecule has 1 fully saturated rings. The van der Waals surface area contributed by atoms with Gasteiger partial charge in [0, 0.05) is 55.5 Å². The van der Waals surface area contributed by atoms with Crippen LogP contribution in [0.5, 0.6) is 0 Å². The number of hydrogen-bond acceptors (Lipinski definition) is 3. The Hall–Kier alpha value is -1.68. The quantitative estimate of drug-likeness (QED) is 0.865. The van der Waals surface area contributed by atoms with E-state index in [1.54, 1.807) is 0 Å². The number of rotatable bonds is 4. The second-order valence-corrected chi connectivity index (χ2v) is 6.42. The number of imidazole rings is 1. The van der Waals surface area contributed by atoms with E-state index in [-0.39, 0.29) is 0 Å². The molecule has 1 unspecified atom stereocenters. The molecule has 4 heteroatoms. The monoisotopic (exact) mass is 284 g/mol. The zero-order valence-corrected chi connectivity index (χ0v) is 13.2. The zero-order chi connectivity index (χ0) is 14.8. The van der Waals surface area contributed by atoms with Crippen molar-refractivity contribution in [2.75, 3.05) is 19.6 Å². The Morgan fingerprint density at radius 2 is 2.05 bits per heavy atom. The predicted molar refractivity (Wildman–Crippen MR) is 85.1 cm³/mol. The minimum Gasteiger partial charge on any atom is -0.324 e. The highest BCUT2D eigenvalue weighted by Gasteiger charge is 2.27. The average molecular weight is 284 g/mol. The van der Waals surface area contributed by atoms with Crippen molar-refractivity contribution in [1.29, 1.82) is 0 Å². The molecule has 0 bridgehead atoms. The van der Waals surface area contributed by atoms with E-state index in [4.69, 9.17) is 0 Å². The molecule has 1 aliphatic heterocycles. The zero-order valence-electron chi connectivity index (χ0n) is 13.2. The van der Waals surface area contributed by atoms with Crippen molar-refractivity contribution in [2.45, 2.75) is 33.2 Å². The van der Waals surface area contributed by atoms with Gasteiger partial charge in [-0.25, -0.2) is 4.98 Å². The lowest BCUT2D eigenvalue weighted by Crippen LogP contribution is -2.26. The lowest BCUT2D eigenvalue weighted by molar-refractivity contribution is 0.287. The summed E-state index contributed by atoms with van der Waals surface area (Å²) >= 11 is 0. The smallest absolute Gasteiger partial charge is 0.140 e. The number of nitrogens with zero attached hydrogens (tertiary/aromatic N) is 4. The Morgan fingerprint density at radius 1 is 1.29 bits per heavy atom. The van der Waals surface area contributed by atoms with Gasteiger partial charge in [0.25, 0.3) is 0 Å². The second-order valence-electron chi connectivity index (χ2n) is 6.42. The number of aryl methyl sites for hydroxylation is 1. The fraction of sp³-hybridized carbons (Fsp3) is 0.529. The molecule has 0 spiro atoms. The summed E-state index contributed by atoms with van der Waals surface area (Å²) in [5.41, 5.74) is 2.40. The van der Waals surface area contributed by atoms with Gasteiger partial charge in [-0.1, -0.05) is 13.8 Å². The maximum absolute atomic E-state index is 4.63. The topological polar surface area (TPSA) is 34.0 Å². The van der Waals surface area contributed by atoms with E-state index in [9.17, 15) is 0 Å². The summed E-state index contributed by atoms with van der Waals surface area (Å²) in [7, 11) is 0. The van der Waals surface area contributed by atoms with Crippen LogP contribution in [0.4, 0.5) is 0 Å². The molecule has 3 heterocycles. The van der Waals surface area contributed by atoms with Crippen molar-refractivity contribution < 1.29 is 0 Å². The predicted octanol–water partition coefficient (Wildman–Crippen LogP) is 3.16. The van der Waals surface area contributed by atoms with Crippen LogP contribution in [0.1, 0.15) is 32.0 Å². The van der Waals surface area contributed by atoms with Gasteiger partial charge in [0.05, 0.1) is 0 Å². The summed E-state index contributed by atoms with van der Waals surface area (Å²) < 4.78 is 2.41. The molecule has 0 saturated carbocycles. The number of hydrogen-bond donors (Lipinski definition) is 0. The van der Waals surface area contributed by atoms with Crippen LogP contribution >= 0.6 is 0 Å². The van der Waals surface area contributed by atoms with Gasteiger partial charge in [0.15, 0.2) is 0 Å². The van der Waals surface area contributed by atoms with E-state index in [2.05, 4.69) is 40.2 Å². The fourth-order valence-electron chi connectivity index (χ4n) is 3.33. The molecular formula is C17H24N4. The Labute approximate surface area is 126 Å². The maximum atomic E-state index is 4.63. The highest BCUT2D eigenvalue weighted by atomic mass is 15.2. The average Bonchev–Trinajstić information content (AvgIpc) is 3.05. The summed E-state index contributed by atoms with van der Waals surface area (Å²) in [6.45, 7) is 10.2. The third kappa shape index (κ3) is 3.00. The standard InChI is InChI=1S/C17H24N4/c1-13(2)11-20-9-6-16(12-20)21-14(3)10-19-17(21)15-4-7-18-8-5-15/h4-5,7-8,10,13,16H,6,9,11-12H2,1-3H3. The normalized spacial score (nSPS) is 19.5. The minimum absolute atomic E-state index is 0.536. The lowest BCUT2D eigenvalue weighted by atomic mass is 10.2.